The number of benzene rings is 1. The molecule has 0 aliphatic rings. The molecule has 0 atom stereocenters. The minimum absolute atomic E-state index is 0.0355. The van der Waals surface area contributed by atoms with Crippen LogP contribution in [0.15, 0.2) is 30.3 Å². The summed E-state index contributed by atoms with van der Waals surface area (Å²) in [4.78, 5) is 23.4. The number of amides is 1. The summed E-state index contributed by atoms with van der Waals surface area (Å²) in [6.45, 7) is 8.04. The van der Waals surface area contributed by atoms with Gasteiger partial charge in [0.05, 0.1) is 7.11 Å². The predicted octanol–water partition coefficient (Wildman–Crippen LogP) is 3.67. The van der Waals surface area contributed by atoms with Crippen molar-refractivity contribution >= 4 is 11.7 Å². The number of nitrogens with one attached hydrogen (secondary N) is 1. The smallest absolute Gasteiger partial charge is 0.272 e. The molecule has 0 radical (unpaired) electrons. The van der Waals surface area contributed by atoms with Gasteiger partial charge < -0.3 is 15.0 Å². The van der Waals surface area contributed by atoms with E-state index in [4.69, 9.17) is 4.74 Å². The highest BCUT2D eigenvalue weighted by Crippen LogP contribution is 2.14. The zero-order valence-corrected chi connectivity index (χ0v) is 16.1. The van der Waals surface area contributed by atoms with Crippen LogP contribution in [0.2, 0.25) is 0 Å². The maximum Gasteiger partial charge on any atom is 0.272 e. The molecular formula is C20H28N4O2. The van der Waals surface area contributed by atoms with Gasteiger partial charge in [-0.15, -0.1) is 0 Å². The van der Waals surface area contributed by atoms with E-state index in [1.807, 2.05) is 29.2 Å². The molecule has 1 aromatic heterocycles. The van der Waals surface area contributed by atoms with Crippen LogP contribution in [-0.4, -0.2) is 41.0 Å². The lowest BCUT2D eigenvalue weighted by atomic mass is 10.2. The molecule has 1 amide bonds. The Labute approximate surface area is 155 Å². The van der Waals surface area contributed by atoms with Crippen LogP contribution in [-0.2, 0) is 6.54 Å². The topological polar surface area (TPSA) is 67.4 Å². The van der Waals surface area contributed by atoms with Crippen LogP contribution in [0.1, 0.15) is 48.6 Å². The molecular weight excluding hydrogens is 328 g/mol. The number of anilines is 1. The van der Waals surface area contributed by atoms with Crippen molar-refractivity contribution in [2.45, 2.75) is 40.2 Å². The van der Waals surface area contributed by atoms with Gasteiger partial charge in [-0.2, -0.15) is 0 Å². The number of hydrogen-bond acceptors (Lipinski definition) is 5. The Morgan fingerprint density at radius 3 is 2.35 bits per heavy atom. The van der Waals surface area contributed by atoms with Crippen molar-refractivity contribution in [1.82, 2.24) is 14.9 Å². The molecule has 0 aliphatic heterocycles. The van der Waals surface area contributed by atoms with Gasteiger partial charge >= 0.3 is 0 Å². The first-order valence-electron chi connectivity index (χ1n) is 9.09. The standard InChI is InChI=1S/C20H28N4O2/c1-5-11-24(12-6-2)20(25)18-13-19(23-15(3)22-18)21-14-16-7-9-17(26-4)10-8-16/h7-10,13H,5-6,11-12,14H2,1-4H3,(H,21,22,23). The molecule has 0 saturated heterocycles. The van der Waals surface area contributed by atoms with Gasteiger partial charge in [0.2, 0.25) is 0 Å². The van der Waals surface area contributed by atoms with Gasteiger partial charge in [-0.25, -0.2) is 9.97 Å². The molecule has 0 fully saturated rings. The number of rotatable bonds is 9. The number of hydrogen-bond donors (Lipinski definition) is 1. The average Bonchev–Trinajstić information content (AvgIpc) is 2.65. The Morgan fingerprint density at radius 2 is 1.77 bits per heavy atom. The number of carbonyl (C=O) groups excluding carboxylic acids is 1. The number of carbonyl (C=O) groups is 1. The van der Waals surface area contributed by atoms with E-state index in [2.05, 4.69) is 29.1 Å². The lowest BCUT2D eigenvalue weighted by Crippen LogP contribution is -2.33. The highest BCUT2D eigenvalue weighted by Gasteiger charge is 2.17. The Kier molecular flexibility index (Phi) is 7.38. The number of methoxy groups -OCH3 is 1. The van der Waals surface area contributed by atoms with Crippen LogP contribution in [0.25, 0.3) is 0 Å². The van der Waals surface area contributed by atoms with Crippen LogP contribution in [0.3, 0.4) is 0 Å². The average molecular weight is 356 g/mol. The third-order valence-electron chi connectivity index (χ3n) is 3.96. The first-order valence-corrected chi connectivity index (χ1v) is 9.09. The second-order valence-electron chi connectivity index (χ2n) is 6.18. The monoisotopic (exact) mass is 356 g/mol. The summed E-state index contributed by atoms with van der Waals surface area (Å²) in [5.41, 5.74) is 1.55. The van der Waals surface area contributed by atoms with Crippen LogP contribution >= 0.6 is 0 Å². The van der Waals surface area contributed by atoms with Gasteiger partial charge in [0.15, 0.2) is 0 Å². The van der Waals surface area contributed by atoms with E-state index in [0.29, 0.717) is 23.9 Å². The Bertz CT molecular complexity index is 710. The normalized spacial score (nSPS) is 10.5. The Morgan fingerprint density at radius 1 is 1.12 bits per heavy atom. The molecule has 0 saturated carbocycles. The molecule has 1 aromatic carbocycles. The zero-order chi connectivity index (χ0) is 18.9. The third-order valence-corrected chi connectivity index (χ3v) is 3.96. The van der Waals surface area contributed by atoms with E-state index in [-0.39, 0.29) is 5.91 Å². The van der Waals surface area contributed by atoms with Crippen molar-refractivity contribution in [2.75, 3.05) is 25.5 Å². The third kappa shape index (κ3) is 5.44. The highest BCUT2D eigenvalue weighted by atomic mass is 16.5. The number of aromatic nitrogens is 2. The second kappa shape index (κ2) is 9.75. The summed E-state index contributed by atoms with van der Waals surface area (Å²) in [6.07, 6.45) is 1.86. The van der Waals surface area contributed by atoms with Crippen molar-refractivity contribution in [3.8, 4) is 5.75 Å². The molecule has 140 valence electrons. The molecule has 2 rings (SSSR count). The van der Waals surface area contributed by atoms with E-state index < -0.39 is 0 Å². The summed E-state index contributed by atoms with van der Waals surface area (Å²) in [5.74, 6) is 2.03. The van der Waals surface area contributed by atoms with E-state index in [1.165, 1.54) is 0 Å². The first-order chi connectivity index (χ1) is 12.6. The van der Waals surface area contributed by atoms with Crippen LogP contribution in [0.4, 0.5) is 5.82 Å². The van der Waals surface area contributed by atoms with Gasteiger partial charge in [-0.3, -0.25) is 4.79 Å². The fourth-order valence-electron chi connectivity index (χ4n) is 2.72. The molecule has 0 aliphatic carbocycles. The van der Waals surface area contributed by atoms with Crippen LogP contribution in [0, 0.1) is 6.92 Å². The maximum absolute atomic E-state index is 12.8. The second-order valence-corrected chi connectivity index (χ2v) is 6.18. The number of ether oxygens (including phenoxy) is 1. The van der Waals surface area contributed by atoms with Gasteiger partial charge in [0, 0.05) is 25.7 Å². The fourth-order valence-corrected chi connectivity index (χ4v) is 2.72. The molecule has 26 heavy (non-hydrogen) atoms. The van der Waals surface area contributed by atoms with E-state index in [9.17, 15) is 4.79 Å². The summed E-state index contributed by atoms with van der Waals surface area (Å²) in [7, 11) is 1.65. The van der Waals surface area contributed by atoms with Gasteiger partial charge in [-0.1, -0.05) is 26.0 Å². The van der Waals surface area contributed by atoms with Crippen molar-refractivity contribution < 1.29 is 9.53 Å². The Hall–Kier alpha value is -2.63. The predicted molar refractivity (Wildman–Crippen MR) is 104 cm³/mol. The van der Waals surface area contributed by atoms with Gasteiger partial charge in [-0.05, 0) is 37.5 Å². The van der Waals surface area contributed by atoms with Crippen LogP contribution < -0.4 is 10.1 Å². The van der Waals surface area contributed by atoms with Crippen LogP contribution in [0.5, 0.6) is 5.75 Å². The molecule has 6 heteroatoms. The summed E-state index contributed by atoms with van der Waals surface area (Å²) >= 11 is 0. The zero-order valence-electron chi connectivity index (χ0n) is 16.1. The summed E-state index contributed by atoms with van der Waals surface area (Å²) in [6, 6.07) is 9.57. The molecule has 6 nitrogen and oxygen atoms in total. The molecule has 1 heterocycles. The minimum Gasteiger partial charge on any atom is -0.497 e. The maximum atomic E-state index is 12.8. The largest absolute Gasteiger partial charge is 0.497 e. The Balaban J connectivity index is 2.11. The van der Waals surface area contributed by atoms with Gasteiger partial charge in [0.25, 0.3) is 5.91 Å². The van der Waals surface area contributed by atoms with Crippen molar-refractivity contribution in [1.29, 1.82) is 0 Å². The van der Waals surface area contributed by atoms with E-state index in [1.54, 1.807) is 20.1 Å². The van der Waals surface area contributed by atoms with Crippen molar-refractivity contribution in [2.24, 2.45) is 0 Å². The number of aryl methyl sites for hydroxylation is 1. The molecule has 0 unspecified atom stereocenters. The molecule has 2 aromatic rings. The fraction of sp³-hybridized carbons (Fsp3) is 0.450. The molecule has 0 bridgehead atoms. The SMILES string of the molecule is CCCN(CCC)C(=O)c1cc(NCc2ccc(OC)cc2)nc(C)n1. The summed E-state index contributed by atoms with van der Waals surface area (Å²) < 4.78 is 5.17. The van der Waals surface area contributed by atoms with E-state index in [0.717, 1.165) is 37.2 Å². The first kappa shape index (κ1) is 19.7. The minimum atomic E-state index is -0.0355. The summed E-state index contributed by atoms with van der Waals surface area (Å²) in [5, 5.41) is 3.27. The molecule has 0 spiro atoms. The number of nitrogens with zero attached hydrogens (tertiary/aromatic N) is 3. The lowest BCUT2D eigenvalue weighted by molar-refractivity contribution is 0.0749. The quantitative estimate of drug-likeness (QED) is 0.742. The highest BCUT2D eigenvalue weighted by molar-refractivity contribution is 5.93. The van der Waals surface area contributed by atoms with Gasteiger partial charge in [0.1, 0.15) is 23.1 Å². The lowest BCUT2D eigenvalue weighted by Gasteiger charge is -2.21. The van der Waals surface area contributed by atoms with Crippen molar-refractivity contribution in [3.05, 3.63) is 47.4 Å². The van der Waals surface area contributed by atoms with E-state index >= 15 is 0 Å². The van der Waals surface area contributed by atoms with Crippen molar-refractivity contribution in [3.63, 3.8) is 0 Å². The molecule has 1 N–H and O–H groups in total.